The molecule has 2 aliphatic rings. The summed E-state index contributed by atoms with van der Waals surface area (Å²) >= 11 is 1.54. The number of carbonyl (C=O) groups excluding carboxylic acids is 2. The van der Waals surface area contributed by atoms with E-state index in [1.54, 1.807) is 11.8 Å². The van der Waals surface area contributed by atoms with Crippen LogP contribution < -0.4 is 4.90 Å². The summed E-state index contributed by atoms with van der Waals surface area (Å²) in [6.07, 6.45) is 5.44. The molecule has 1 unspecified atom stereocenters. The molecule has 2 aromatic rings. The number of nitrogens with zero attached hydrogens (tertiary/aromatic N) is 6. The zero-order valence-electron chi connectivity index (χ0n) is 16.6. The highest BCUT2D eigenvalue weighted by atomic mass is 32.1. The first kappa shape index (κ1) is 19.7. The molecule has 0 bridgehead atoms. The smallest absolute Gasteiger partial charge is 0.409 e. The quantitative estimate of drug-likeness (QED) is 0.754. The summed E-state index contributed by atoms with van der Waals surface area (Å²) in [4.78, 5) is 30.6. The molecule has 0 saturated carbocycles. The van der Waals surface area contributed by atoms with Gasteiger partial charge in [-0.3, -0.25) is 9.36 Å². The van der Waals surface area contributed by atoms with Crippen LogP contribution >= 0.6 is 11.3 Å². The Balaban J connectivity index is 1.34. The molecule has 2 aliphatic heterocycles. The van der Waals surface area contributed by atoms with E-state index in [0.717, 1.165) is 29.6 Å². The number of anilines is 1. The minimum absolute atomic E-state index is 0.0446. The van der Waals surface area contributed by atoms with Crippen LogP contribution in [0.5, 0.6) is 0 Å². The van der Waals surface area contributed by atoms with E-state index in [-0.39, 0.29) is 17.9 Å². The molecule has 9 nitrogen and oxygen atoms in total. The predicted octanol–water partition coefficient (Wildman–Crippen LogP) is 1.85. The summed E-state index contributed by atoms with van der Waals surface area (Å²) in [6, 6.07) is 3.91. The number of aromatic nitrogens is 3. The van der Waals surface area contributed by atoms with Crippen LogP contribution in [0.1, 0.15) is 19.8 Å². The second-order valence-corrected chi connectivity index (χ2v) is 8.19. The Morgan fingerprint density at radius 1 is 1.07 bits per heavy atom. The van der Waals surface area contributed by atoms with Gasteiger partial charge in [0.15, 0.2) is 0 Å². The Morgan fingerprint density at radius 2 is 1.76 bits per heavy atom. The third-order valence-electron chi connectivity index (χ3n) is 5.39. The third kappa shape index (κ3) is 4.36. The first-order valence-electron chi connectivity index (χ1n) is 10.1. The molecule has 156 valence electrons. The van der Waals surface area contributed by atoms with E-state index >= 15 is 0 Å². The lowest BCUT2D eigenvalue weighted by Gasteiger charge is -2.38. The number of rotatable bonds is 4. The van der Waals surface area contributed by atoms with Gasteiger partial charge in [-0.15, -0.1) is 10.2 Å². The number of piperazine rings is 1. The molecule has 0 N–H and O–H groups in total. The normalized spacial score (nSPS) is 20.0. The van der Waals surface area contributed by atoms with Gasteiger partial charge in [-0.2, -0.15) is 0 Å². The third-order valence-corrected chi connectivity index (χ3v) is 6.38. The van der Waals surface area contributed by atoms with E-state index in [1.165, 1.54) is 11.3 Å². The van der Waals surface area contributed by atoms with Crippen molar-refractivity contribution in [3.05, 3.63) is 24.5 Å². The average Bonchev–Trinajstić information content (AvgIpc) is 3.45. The molecule has 0 aromatic carbocycles. The van der Waals surface area contributed by atoms with Crippen molar-refractivity contribution in [1.29, 1.82) is 0 Å². The molecule has 0 aliphatic carbocycles. The minimum atomic E-state index is -0.293. The average molecular weight is 419 g/mol. The van der Waals surface area contributed by atoms with Crippen LogP contribution in [0.3, 0.4) is 0 Å². The topological polar surface area (TPSA) is 83.8 Å². The van der Waals surface area contributed by atoms with Gasteiger partial charge < -0.3 is 19.4 Å². The molecule has 29 heavy (non-hydrogen) atoms. The standard InChI is InChI=1S/C19H26N6O3S/c1-2-28-19(27)24-12-10-22(11-13-24)16(26)15-6-5-9-25(14-15)18-21-20-17(29-18)23-7-3-4-8-23/h3-4,7-8,15H,2,5-6,9-14H2,1H3. The second-order valence-electron chi connectivity index (χ2n) is 7.25. The fraction of sp³-hybridized carbons (Fsp3) is 0.579. The molecule has 2 aromatic heterocycles. The Kier molecular flexibility index (Phi) is 5.98. The highest BCUT2D eigenvalue weighted by Crippen LogP contribution is 2.28. The lowest BCUT2D eigenvalue weighted by atomic mass is 9.96. The fourth-order valence-electron chi connectivity index (χ4n) is 3.84. The number of piperidine rings is 1. The van der Waals surface area contributed by atoms with Gasteiger partial charge in [0.05, 0.1) is 12.5 Å². The minimum Gasteiger partial charge on any atom is -0.450 e. The summed E-state index contributed by atoms with van der Waals surface area (Å²) in [5.41, 5.74) is 0. The first-order chi connectivity index (χ1) is 14.2. The van der Waals surface area contributed by atoms with Crippen molar-refractivity contribution in [1.82, 2.24) is 24.6 Å². The fourth-order valence-corrected chi connectivity index (χ4v) is 4.69. The van der Waals surface area contributed by atoms with Crippen LogP contribution in [-0.2, 0) is 9.53 Å². The van der Waals surface area contributed by atoms with Crippen LogP contribution in [0.25, 0.3) is 5.13 Å². The highest BCUT2D eigenvalue weighted by Gasteiger charge is 2.33. The van der Waals surface area contributed by atoms with Gasteiger partial charge in [-0.1, -0.05) is 11.3 Å². The summed E-state index contributed by atoms with van der Waals surface area (Å²) < 4.78 is 6.99. The van der Waals surface area contributed by atoms with E-state index in [4.69, 9.17) is 4.74 Å². The van der Waals surface area contributed by atoms with Crippen molar-refractivity contribution in [3.63, 3.8) is 0 Å². The van der Waals surface area contributed by atoms with Gasteiger partial charge >= 0.3 is 6.09 Å². The SMILES string of the molecule is CCOC(=O)N1CCN(C(=O)C2CCCN(c3nnc(-n4cccc4)s3)C2)CC1. The van der Waals surface area contributed by atoms with Crippen LogP contribution in [0.2, 0.25) is 0 Å². The number of hydrogen-bond acceptors (Lipinski definition) is 7. The highest BCUT2D eigenvalue weighted by molar-refractivity contribution is 7.17. The van der Waals surface area contributed by atoms with Crippen molar-refractivity contribution in [2.45, 2.75) is 19.8 Å². The first-order valence-corrected chi connectivity index (χ1v) is 10.9. The van der Waals surface area contributed by atoms with Crippen LogP contribution in [0.15, 0.2) is 24.5 Å². The summed E-state index contributed by atoms with van der Waals surface area (Å²) in [5.74, 6) is 0.130. The number of hydrogen-bond donors (Lipinski definition) is 0. The Bertz CT molecular complexity index is 831. The van der Waals surface area contributed by atoms with Crippen molar-refractivity contribution < 1.29 is 14.3 Å². The lowest BCUT2D eigenvalue weighted by molar-refractivity contribution is -0.137. The summed E-state index contributed by atoms with van der Waals surface area (Å²) in [6.45, 7) is 5.89. The van der Waals surface area contributed by atoms with E-state index in [9.17, 15) is 9.59 Å². The van der Waals surface area contributed by atoms with Gasteiger partial charge in [-0.05, 0) is 31.9 Å². The number of ether oxygens (including phenoxy) is 1. The maximum absolute atomic E-state index is 13.1. The molecule has 0 spiro atoms. The molecular weight excluding hydrogens is 392 g/mol. The van der Waals surface area contributed by atoms with Crippen molar-refractivity contribution in [2.75, 3.05) is 50.8 Å². The molecule has 1 atom stereocenters. The molecule has 2 fully saturated rings. The Hall–Kier alpha value is -2.62. The molecular formula is C19H26N6O3S. The van der Waals surface area contributed by atoms with Crippen LogP contribution in [-0.4, -0.2) is 82.4 Å². The lowest BCUT2D eigenvalue weighted by Crippen LogP contribution is -2.53. The molecule has 0 radical (unpaired) electrons. The molecule has 4 heterocycles. The van der Waals surface area contributed by atoms with Gasteiger partial charge in [0.25, 0.3) is 0 Å². The largest absolute Gasteiger partial charge is 0.450 e. The number of amides is 2. The van der Waals surface area contributed by atoms with Gasteiger partial charge in [-0.25, -0.2) is 4.79 Å². The molecule has 2 saturated heterocycles. The Labute approximate surface area is 173 Å². The monoisotopic (exact) mass is 418 g/mol. The van der Waals surface area contributed by atoms with Gasteiger partial charge in [0, 0.05) is 51.7 Å². The van der Waals surface area contributed by atoms with E-state index in [1.807, 2.05) is 34.0 Å². The van der Waals surface area contributed by atoms with Crippen molar-refractivity contribution in [2.24, 2.45) is 5.92 Å². The van der Waals surface area contributed by atoms with Crippen molar-refractivity contribution >= 4 is 28.5 Å². The van der Waals surface area contributed by atoms with Crippen LogP contribution in [0, 0.1) is 5.92 Å². The number of carbonyl (C=O) groups is 2. The maximum atomic E-state index is 13.1. The summed E-state index contributed by atoms with van der Waals surface area (Å²) in [5, 5.41) is 10.3. The van der Waals surface area contributed by atoms with E-state index in [0.29, 0.717) is 39.3 Å². The van der Waals surface area contributed by atoms with Crippen molar-refractivity contribution in [3.8, 4) is 5.13 Å². The second kappa shape index (κ2) is 8.81. The molecule has 4 rings (SSSR count). The van der Waals surface area contributed by atoms with Gasteiger partial charge in [0.2, 0.25) is 16.2 Å². The Morgan fingerprint density at radius 3 is 2.48 bits per heavy atom. The maximum Gasteiger partial charge on any atom is 0.409 e. The molecule has 2 amide bonds. The predicted molar refractivity (Wildman–Crippen MR) is 109 cm³/mol. The zero-order chi connectivity index (χ0) is 20.2. The molecule has 10 heteroatoms. The van der Waals surface area contributed by atoms with Crippen LogP contribution in [0.4, 0.5) is 9.93 Å². The van der Waals surface area contributed by atoms with Gasteiger partial charge in [0.1, 0.15) is 0 Å². The zero-order valence-corrected chi connectivity index (χ0v) is 17.4. The van der Waals surface area contributed by atoms with E-state index in [2.05, 4.69) is 15.1 Å². The van der Waals surface area contributed by atoms with E-state index < -0.39 is 0 Å². The summed E-state index contributed by atoms with van der Waals surface area (Å²) in [7, 11) is 0.